The lowest BCUT2D eigenvalue weighted by molar-refractivity contribution is 0.436. The first kappa shape index (κ1) is 11.9. The van der Waals surface area contributed by atoms with E-state index in [0.29, 0.717) is 11.6 Å². The average molecular weight is 317 g/mol. The molecule has 0 saturated heterocycles. The Morgan fingerprint density at radius 2 is 1.84 bits per heavy atom. The fourth-order valence-corrected chi connectivity index (χ4v) is 2.32. The van der Waals surface area contributed by atoms with Crippen LogP contribution in [0.15, 0.2) is 52.0 Å². The SMILES string of the molecule is Nc1noc(-c2cncnc2)c1-c1ccccc1Br. The number of rotatable bonds is 2. The van der Waals surface area contributed by atoms with Gasteiger partial charge < -0.3 is 10.3 Å². The first-order valence-corrected chi connectivity index (χ1v) is 6.32. The lowest BCUT2D eigenvalue weighted by Gasteiger charge is -2.04. The van der Waals surface area contributed by atoms with Crippen molar-refractivity contribution in [2.45, 2.75) is 0 Å². The molecular weight excluding hydrogens is 308 g/mol. The van der Waals surface area contributed by atoms with E-state index in [1.54, 1.807) is 12.4 Å². The van der Waals surface area contributed by atoms with Crippen LogP contribution in [-0.2, 0) is 0 Å². The molecule has 0 unspecified atom stereocenters. The predicted octanol–water partition coefficient (Wildman–Crippen LogP) is 3.14. The van der Waals surface area contributed by atoms with E-state index >= 15 is 0 Å². The Bertz CT molecular complexity index is 712. The average Bonchev–Trinajstić information content (AvgIpc) is 2.82. The Hall–Kier alpha value is -2.21. The molecule has 3 aromatic rings. The van der Waals surface area contributed by atoms with Gasteiger partial charge in [0.05, 0.1) is 11.1 Å². The summed E-state index contributed by atoms with van der Waals surface area (Å²) in [6.45, 7) is 0. The molecule has 19 heavy (non-hydrogen) atoms. The van der Waals surface area contributed by atoms with E-state index in [0.717, 1.165) is 21.2 Å². The lowest BCUT2D eigenvalue weighted by atomic mass is 10.0. The van der Waals surface area contributed by atoms with Crippen LogP contribution in [0.5, 0.6) is 0 Å². The summed E-state index contributed by atoms with van der Waals surface area (Å²) in [4.78, 5) is 7.95. The third kappa shape index (κ3) is 2.10. The molecule has 0 radical (unpaired) electrons. The van der Waals surface area contributed by atoms with Gasteiger partial charge in [0.1, 0.15) is 6.33 Å². The topological polar surface area (TPSA) is 77.8 Å². The van der Waals surface area contributed by atoms with E-state index in [2.05, 4.69) is 31.1 Å². The number of hydrogen-bond donors (Lipinski definition) is 1. The van der Waals surface area contributed by atoms with Crippen LogP contribution in [0.2, 0.25) is 0 Å². The lowest BCUT2D eigenvalue weighted by Crippen LogP contribution is -1.90. The highest BCUT2D eigenvalue weighted by Crippen LogP contribution is 2.39. The molecule has 0 saturated carbocycles. The van der Waals surface area contributed by atoms with E-state index in [9.17, 15) is 0 Å². The van der Waals surface area contributed by atoms with Crippen molar-refractivity contribution in [3.8, 4) is 22.5 Å². The normalized spacial score (nSPS) is 10.6. The molecule has 0 aliphatic rings. The molecular formula is C13H9BrN4O. The highest BCUT2D eigenvalue weighted by atomic mass is 79.9. The third-order valence-electron chi connectivity index (χ3n) is 2.68. The van der Waals surface area contributed by atoms with Crippen molar-refractivity contribution in [3.63, 3.8) is 0 Å². The maximum absolute atomic E-state index is 5.91. The quantitative estimate of drug-likeness (QED) is 0.785. The molecule has 94 valence electrons. The van der Waals surface area contributed by atoms with Crippen molar-refractivity contribution in [2.24, 2.45) is 0 Å². The van der Waals surface area contributed by atoms with Gasteiger partial charge in [0.15, 0.2) is 11.6 Å². The van der Waals surface area contributed by atoms with Crippen molar-refractivity contribution in [1.29, 1.82) is 0 Å². The summed E-state index contributed by atoms with van der Waals surface area (Å²) < 4.78 is 6.23. The molecule has 5 nitrogen and oxygen atoms in total. The number of nitrogens with two attached hydrogens (primary N) is 1. The second-order valence-electron chi connectivity index (χ2n) is 3.88. The van der Waals surface area contributed by atoms with Gasteiger partial charge in [0.25, 0.3) is 0 Å². The van der Waals surface area contributed by atoms with Gasteiger partial charge in [-0.3, -0.25) is 0 Å². The Morgan fingerprint density at radius 1 is 1.11 bits per heavy atom. The zero-order valence-corrected chi connectivity index (χ0v) is 11.3. The van der Waals surface area contributed by atoms with E-state index < -0.39 is 0 Å². The molecule has 3 rings (SSSR count). The summed E-state index contributed by atoms with van der Waals surface area (Å²) in [5.41, 5.74) is 8.30. The van der Waals surface area contributed by atoms with E-state index in [4.69, 9.17) is 10.3 Å². The number of nitrogen functional groups attached to an aromatic ring is 1. The van der Waals surface area contributed by atoms with Gasteiger partial charge in [-0.1, -0.05) is 39.3 Å². The van der Waals surface area contributed by atoms with Gasteiger partial charge >= 0.3 is 0 Å². The molecule has 2 heterocycles. The highest BCUT2D eigenvalue weighted by molar-refractivity contribution is 9.10. The van der Waals surface area contributed by atoms with Crippen LogP contribution in [-0.4, -0.2) is 15.1 Å². The first-order chi connectivity index (χ1) is 9.27. The summed E-state index contributed by atoms with van der Waals surface area (Å²) in [7, 11) is 0. The zero-order valence-electron chi connectivity index (χ0n) is 9.75. The number of halogens is 1. The maximum Gasteiger partial charge on any atom is 0.180 e. The van der Waals surface area contributed by atoms with Crippen molar-refractivity contribution >= 4 is 21.7 Å². The van der Waals surface area contributed by atoms with Crippen molar-refractivity contribution in [2.75, 3.05) is 5.73 Å². The van der Waals surface area contributed by atoms with Gasteiger partial charge in [0.2, 0.25) is 0 Å². The number of nitrogens with zero attached hydrogens (tertiary/aromatic N) is 3. The molecule has 0 amide bonds. The van der Waals surface area contributed by atoms with Crippen LogP contribution < -0.4 is 5.73 Å². The second kappa shape index (κ2) is 4.81. The molecule has 0 aliphatic carbocycles. The summed E-state index contributed by atoms with van der Waals surface area (Å²) in [5.74, 6) is 0.899. The maximum atomic E-state index is 5.91. The van der Waals surface area contributed by atoms with Gasteiger partial charge in [-0.05, 0) is 6.07 Å². The van der Waals surface area contributed by atoms with Crippen LogP contribution in [0.1, 0.15) is 0 Å². The minimum atomic E-state index is 0.339. The Balaban J connectivity index is 2.23. The third-order valence-corrected chi connectivity index (χ3v) is 3.38. The molecule has 2 N–H and O–H groups in total. The fraction of sp³-hybridized carbons (Fsp3) is 0. The smallest absolute Gasteiger partial charge is 0.180 e. The highest BCUT2D eigenvalue weighted by Gasteiger charge is 2.19. The van der Waals surface area contributed by atoms with Crippen LogP contribution in [0.3, 0.4) is 0 Å². The molecule has 0 spiro atoms. The number of anilines is 1. The van der Waals surface area contributed by atoms with Crippen LogP contribution in [0, 0.1) is 0 Å². The van der Waals surface area contributed by atoms with Gasteiger partial charge in [-0.2, -0.15) is 0 Å². The fourth-order valence-electron chi connectivity index (χ4n) is 1.84. The second-order valence-corrected chi connectivity index (χ2v) is 4.73. The summed E-state index contributed by atoms with van der Waals surface area (Å²) >= 11 is 3.50. The Morgan fingerprint density at radius 3 is 2.58 bits per heavy atom. The molecule has 2 aromatic heterocycles. The number of hydrogen-bond acceptors (Lipinski definition) is 5. The predicted molar refractivity (Wildman–Crippen MR) is 75.1 cm³/mol. The van der Waals surface area contributed by atoms with Gasteiger partial charge in [-0.15, -0.1) is 0 Å². The summed E-state index contributed by atoms with van der Waals surface area (Å²) in [5, 5.41) is 3.84. The van der Waals surface area contributed by atoms with Crippen LogP contribution in [0.25, 0.3) is 22.5 Å². The molecule has 6 heteroatoms. The van der Waals surface area contributed by atoms with Gasteiger partial charge in [0, 0.05) is 22.4 Å². The first-order valence-electron chi connectivity index (χ1n) is 5.53. The summed E-state index contributed by atoms with van der Waals surface area (Å²) in [6.07, 6.45) is 4.78. The largest absolute Gasteiger partial charge is 0.380 e. The monoisotopic (exact) mass is 316 g/mol. The number of aromatic nitrogens is 3. The standard InChI is InChI=1S/C13H9BrN4O/c14-10-4-2-1-3-9(10)11-12(19-18-13(11)15)8-5-16-7-17-6-8/h1-7H,(H2,15,18). The number of benzene rings is 1. The van der Waals surface area contributed by atoms with E-state index in [1.165, 1.54) is 6.33 Å². The van der Waals surface area contributed by atoms with Crippen molar-refractivity contribution in [3.05, 3.63) is 47.5 Å². The van der Waals surface area contributed by atoms with E-state index in [-0.39, 0.29) is 0 Å². The molecule has 1 aromatic carbocycles. The molecule has 0 bridgehead atoms. The van der Waals surface area contributed by atoms with Crippen molar-refractivity contribution in [1.82, 2.24) is 15.1 Å². The zero-order chi connectivity index (χ0) is 13.2. The van der Waals surface area contributed by atoms with Crippen LogP contribution >= 0.6 is 15.9 Å². The van der Waals surface area contributed by atoms with Gasteiger partial charge in [-0.25, -0.2) is 9.97 Å². The Labute approximate surface area is 117 Å². The summed E-state index contributed by atoms with van der Waals surface area (Å²) in [6, 6.07) is 7.74. The van der Waals surface area contributed by atoms with Crippen LogP contribution in [0.4, 0.5) is 5.82 Å². The van der Waals surface area contributed by atoms with E-state index in [1.807, 2.05) is 24.3 Å². The molecule has 0 atom stereocenters. The molecule has 0 aliphatic heterocycles. The van der Waals surface area contributed by atoms with Crippen molar-refractivity contribution < 1.29 is 4.52 Å². The minimum absolute atomic E-state index is 0.339. The minimum Gasteiger partial charge on any atom is -0.380 e. The Kier molecular flexibility index (Phi) is 3.00. The molecule has 0 fully saturated rings.